The SMILES string of the molecule is C=CCOC(=O)NCc1ccccc1-c1ccc(C2OC(CSc3nccn3C)CC(c3ccc(CO)cc3)O2)cc1. The molecule has 0 spiro atoms. The maximum Gasteiger partial charge on any atom is 0.407 e. The van der Waals surface area contributed by atoms with Gasteiger partial charge in [-0.3, -0.25) is 0 Å². The molecular weight excluding hydrogens is 550 g/mol. The minimum absolute atomic E-state index is 0.00536. The number of aromatic nitrogens is 2. The molecule has 0 aliphatic carbocycles. The number of amides is 1. The zero-order valence-corrected chi connectivity index (χ0v) is 24.3. The van der Waals surface area contributed by atoms with Gasteiger partial charge in [-0.05, 0) is 27.8 Å². The normalized spacial score (nSPS) is 18.4. The van der Waals surface area contributed by atoms with Crippen LogP contribution in [0.3, 0.4) is 0 Å². The Bertz CT molecular complexity index is 1470. The number of aryl methyl sites for hydroxylation is 1. The van der Waals surface area contributed by atoms with Gasteiger partial charge in [0.05, 0.1) is 18.8 Å². The molecule has 1 fully saturated rings. The van der Waals surface area contributed by atoms with E-state index in [0.717, 1.165) is 44.3 Å². The third-order valence-corrected chi connectivity index (χ3v) is 8.25. The van der Waals surface area contributed by atoms with Gasteiger partial charge < -0.3 is 29.2 Å². The molecule has 0 saturated carbocycles. The number of carbonyl (C=O) groups is 1. The molecule has 2 N–H and O–H groups in total. The van der Waals surface area contributed by atoms with Crippen molar-refractivity contribution in [1.82, 2.24) is 14.9 Å². The quantitative estimate of drug-likeness (QED) is 0.157. The van der Waals surface area contributed by atoms with Crippen LogP contribution >= 0.6 is 11.8 Å². The van der Waals surface area contributed by atoms with Gasteiger partial charge in [-0.15, -0.1) is 0 Å². The van der Waals surface area contributed by atoms with Crippen LogP contribution in [-0.4, -0.2) is 39.2 Å². The number of hydrogen-bond donors (Lipinski definition) is 2. The first kappa shape index (κ1) is 29.6. The Balaban J connectivity index is 1.33. The van der Waals surface area contributed by atoms with Gasteiger partial charge in [0.2, 0.25) is 0 Å². The summed E-state index contributed by atoms with van der Waals surface area (Å²) in [6, 6.07) is 24.0. The van der Waals surface area contributed by atoms with Gasteiger partial charge in [0.25, 0.3) is 0 Å². The molecule has 8 nitrogen and oxygen atoms in total. The van der Waals surface area contributed by atoms with Crippen LogP contribution in [0, 0.1) is 0 Å². The fourth-order valence-corrected chi connectivity index (χ4v) is 5.76. The van der Waals surface area contributed by atoms with Crippen LogP contribution in [0.25, 0.3) is 11.1 Å². The van der Waals surface area contributed by atoms with E-state index in [-0.39, 0.29) is 25.4 Å². The molecule has 0 radical (unpaired) electrons. The Labute approximate surface area is 250 Å². The third-order valence-electron chi connectivity index (χ3n) is 7.06. The van der Waals surface area contributed by atoms with Crippen LogP contribution in [0.1, 0.15) is 41.1 Å². The molecule has 1 amide bonds. The minimum atomic E-state index is -0.543. The summed E-state index contributed by atoms with van der Waals surface area (Å²) in [6.07, 6.45) is 4.74. The van der Waals surface area contributed by atoms with Gasteiger partial charge >= 0.3 is 6.09 Å². The first-order valence-corrected chi connectivity index (χ1v) is 14.8. The number of hydrogen-bond acceptors (Lipinski definition) is 7. The third kappa shape index (κ3) is 7.49. The molecule has 42 heavy (non-hydrogen) atoms. The van der Waals surface area contributed by atoms with Gasteiger partial charge in [0.15, 0.2) is 11.4 Å². The summed E-state index contributed by atoms with van der Waals surface area (Å²) < 4.78 is 20.0. The number of benzene rings is 3. The highest BCUT2D eigenvalue weighted by molar-refractivity contribution is 7.99. The van der Waals surface area contributed by atoms with E-state index in [9.17, 15) is 9.90 Å². The van der Waals surface area contributed by atoms with E-state index in [4.69, 9.17) is 14.2 Å². The molecule has 4 aromatic rings. The Kier molecular flexibility index (Phi) is 10.1. The zero-order valence-electron chi connectivity index (χ0n) is 23.5. The predicted octanol–water partition coefficient (Wildman–Crippen LogP) is 6.33. The molecule has 218 valence electrons. The van der Waals surface area contributed by atoms with E-state index in [2.05, 4.69) is 16.9 Å². The highest BCUT2D eigenvalue weighted by atomic mass is 32.2. The van der Waals surface area contributed by atoms with Gasteiger partial charge in [-0.25, -0.2) is 9.78 Å². The van der Waals surface area contributed by atoms with Crippen LogP contribution in [0.15, 0.2) is 103 Å². The van der Waals surface area contributed by atoms with Crippen molar-refractivity contribution in [2.24, 2.45) is 7.05 Å². The van der Waals surface area contributed by atoms with Crippen LogP contribution in [0.5, 0.6) is 0 Å². The molecule has 1 aliphatic heterocycles. The maximum atomic E-state index is 11.9. The van der Waals surface area contributed by atoms with E-state index in [1.54, 1.807) is 18.0 Å². The van der Waals surface area contributed by atoms with Crippen molar-refractivity contribution in [2.75, 3.05) is 12.4 Å². The summed E-state index contributed by atoms with van der Waals surface area (Å²) in [4.78, 5) is 16.4. The summed E-state index contributed by atoms with van der Waals surface area (Å²) in [7, 11) is 1.98. The largest absolute Gasteiger partial charge is 0.445 e. The van der Waals surface area contributed by atoms with Crippen LogP contribution < -0.4 is 5.32 Å². The summed E-state index contributed by atoms with van der Waals surface area (Å²) in [5, 5.41) is 13.2. The molecule has 0 bridgehead atoms. The van der Waals surface area contributed by atoms with Crippen LogP contribution in [0.2, 0.25) is 0 Å². The zero-order chi connectivity index (χ0) is 29.3. The fraction of sp³-hybridized carbons (Fsp3) is 0.273. The number of aliphatic hydroxyl groups is 1. The van der Waals surface area contributed by atoms with Crippen LogP contribution in [0.4, 0.5) is 4.79 Å². The summed E-state index contributed by atoms with van der Waals surface area (Å²) in [6.45, 7) is 4.07. The number of nitrogens with one attached hydrogen (secondary N) is 1. The second kappa shape index (κ2) is 14.3. The number of nitrogens with zero attached hydrogens (tertiary/aromatic N) is 2. The van der Waals surface area contributed by atoms with Gasteiger partial charge in [-0.1, -0.05) is 97.2 Å². The molecule has 1 saturated heterocycles. The number of aliphatic hydroxyl groups excluding tert-OH is 1. The number of rotatable bonds is 11. The molecule has 5 rings (SSSR count). The molecule has 3 atom stereocenters. The molecule has 9 heteroatoms. The maximum absolute atomic E-state index is 11.9. The lowest BCUT2D eigenvalue weighted by molar-refractivity contribution is -0.245. The molecule has 1 aliphatic rings. The van der Waals surface area contributed by atoms with Gasteiger partial charge in [-0.2, -0.15) is 0 Å². The van der Waals surface area contributed by atoms with Crippen molar-refractivity contribution < 1.29 is 24.1 Å². The van der Waals surface area contributed by atoms with Crippen molar-refractivity contribution in [1.29, 1.82) is 0 Å². The van der Waals surface area contributed by atoms with Crippen LogP contribution in [-0.2, 0) is 34.4 Å². The molecule has 3 unspecified atom stereocenters. The van der Waals surface area contributed by atoms with Gasteiger partial charge in [0, 0.05) is 43.7 Å². The molecule has 1 aromatic heterocycles. The Morgan fingerprint density at radius 1 is 1.12 bits per heavy atom. The minimum Gasteiger partial charge on any atom is -0.445 e. The van der Waals surface area contributed by atoms with Crippen molar-refractivity contribution in [3.63, 3.8) is 0 Å². The van der Waals surface area contributed by atoms with Crippen molar-refractivity contribution in [3.05, 3.63) is 120 Å². The monoisotopic (exact) mass is 585 g/mol. The number of thioether (sulfide) groups is 1. The molecule has 3 aromatic carbocycles. The second-order valence-corrected chi connectivity index (χ2v) is 11.0. The highest BCUT2D eigenvalue weighted by Gasteiger charge is 2.32. The summed E-state index contributed by atoms with van der Waals surface area (Å²) in [5.74, 6) is 0.740. The first-order valence-electron chi connectivity index (χ1n) is 13.8. The number of imidazole rings is 1. The Morgan fingerprint density at radius 3 is 2.60 bits per heavy atom. The lowest BCUT2D eigenvalue weighted by Crippen LogP contribution is -2.31. The second-order valence-electron chi connectivity index (χ2n) is 10.0. The topological polar surface area (TPSA) is 94.8 Å². The van der Waals surface area contributed by atoms with Crippen molar-refractivity contribution in [3.8, 4) is 11.1 Å². The van der Waals surface area contributed by atoms with E-state index in [1.807, 2.05) is 90.6 Å². The Morgan fingerprint density at radius 2 is 1.88 bits per heavy atom. The number of carbonyl (C=O) groups excluding carboxylic acids is 1. The molecular formula is C33H35N3O5S. The van der Waals surface area contributed by atoms with E-state index < -0.39 is 12.4 Å². The van der Waals surface area contributed by atoms with E-state index in [1.165, 1.54) is 6.08 Å². The van der Waals surface area contributed by atoms with Crippen molar-refractivity contribution >= 4 is 17.9 Å². The smallest absolute Gasteiger partial charge is 0.407 e. The van der Waals surface area contributed by atoms with Crippen molar-refractivity contribution in [2.45, 2.75) is 43.2 Å². The number of alkyl carbamates (subject to hydrolysis) is 1. The molecule has 2 heterocycles. The fourth-order valence-electron chi connectivity index (χ4n) is 4.81. The summed E-state index contributed by atoms with van der Waals surface area (Å²) in [5.41, 5.74) is 5.85. The van der Waals surface area contributed by atoms with E-state index in [0.29, 0.717) is 13.0 Å². The lowest BCUT2D eigenvalue weighted by Gasteiger charge is -2.36. The standard InChI is InChI=1S/C33H35N3O5S/c1-3-18-39-33(38)35-20-27-6-4-5-7-29(27)24-12-14-26(15-13-24)31-40-28(22-42-32-34-16-17-36(32)2)19-30(41-31)25-10-8-23(21-37)9-11-25/h3-17,28,30-31,37H,1,18-22H2,2H3,(H,35,38). The summed E-state index contributed by atoms with van der Waals surface area (Å²) >= 11 is 1.67. The Hall–Kier alpha value is -3.89. The highest BCUT2D eigenvalue weighted by Crippen LogP contribution is 2.40. The predicted molar refractivity (Wildman–Crippen MR) is 163 cm³/mol. The average molecular weight is 586 g/mol. The number of ether oxygens (including phenoxy) is 3. The average Bonchev–Trinajstić information content (AvgIpc) is 3.46. The van der Waals surface area contributed by atoms with Gasteiger partial charge in [0.1, 0.15) is 6.61 Å². The first-order chi connectivity index (χ1) is 20.5. The van der Waals surface area contributed by atoms with E-state index >= 15 is 0 Å². The lowest BCUT2D eigenvalue weighted by atomic mass is 9.98.